The fraction of sp³-hybridized carbons (Fsp3) is 0.125. The Kier molecular flexibility index (Phi) is 5.70. The second-order valence-corrected chi connectivity index (χ2v) is 8.06. The number of hydrogen-bond acceptors (Lipinski definition) is 6. The summed E-state index contributed by atoms with van der Waals surface area (Å²) in [4.78, 5) is 17.1. The van der Waals surface area contributed by atoms with Gasteiger partial charge in [0.15, 0.2) is 17.3 Å². The van der Waals surface area contributed by atoms with Gasteiger partial charge in [0.1, 0.15) is 0 Å². The summed E-state index contributed by atoms with van der Waals surface area (Å²) in [6.07, 6.45) is 0. The van der Waals surface area contributed by atoms with Crippen LogP contribution in [0.4, 0.5) is 5.69 Å². The molecule has 0 unspecified atom stereocenters. The number of fused-ring (bicyclic) bond motifs is 1. The maximum absolute atomic E-state index is 12.5. The molecule has 0 saturated heterocycles. The van der Waals surface area contributed by atoms with Crippen LogP contribution >= 0.6 is 15.9 Å². The fourth-order valence-corrected chi connectivity index (χ4v) is 3.80. The lowest BCUT2D eigenvalue weighted by Crippen LogP contribution is -2.11. The van der Waals surface area contributed by atoms with Gasteiger partial charge in [-0.2, -0.15) is 4.98 Å². The molecule has 0 radical (unpaired) electrons. The Hall–Kier alpha value is -3.85. The van der Waals surface area contributed by atoms with Crippen LogP contribution < -0.4 is 19.5 Å². The second kappa shape index (κ2) is 8.95. The molecule has 4 aromatic rings. The third-order valence-electron chi connectivity index (χ3n) is 4.95. The van der Waals surface area contributed by atoms with E-state index in [1.54, 1.807) is 16.8 Å². The van der Waals surface area contributed by atoms with E-state index in [-0.39, 0.29) is 18.7 Å². The highest BCUT2D eigenvalue weighted by atomic mass is 79.9. The lowest BCUT2D eigenvalue weighted by molar-refractivity contribution is 0.102. The molecule has 33 heavy (non-hydrogen) atoms. The Morgan fingerprint density at radius 1 is 1.09 bits per heavy atom. The van der Waals surface area contributed by atoms with Crippen LogP contribution in [0.2, 0.25) is 0 Å². The van der Waals surface area contributed by atoms with Crippen molar-refractivity contribution in [2.24, 2.45) is 0 Å². The van der Waals surface area contributed by atoms with E-state index in [2.05, 4.69) is 31.3 Å². The summed E-state index contributed by atoms with van der Waals surface area (Å²) in [6, 6.07) is 20.5. The van der Waals surface area contributed by atoms with Crippen molar-refractivity contribution in [1.29, 1.82) is 0 Å². The maximum atomic E-state index is 12.5. The smallest absolute Gasteiger partial charge is 0.336 e. The van der Waals surface area contributed by atoms with Gasteiger partial charge in [-0.3, -0.25) is 4.79 Å². The van der Waals surface area contributed by atoms with Gasteiger partial charge in [0.25, 0.3) is 5.91 Å². The van der Waals surface area contributed by atoms with E-state index in [1.807, 2.05) is 61.5 Å². The molecule has 0 bridgehead atoms. The lowest BCUT2D eigenvalue weighted by atomic mass is 10.2. The van der Waals surface area contributed by atoms with E-state index in [1.165, 1.54) is 0 Å². The van der Waals surface area contributed by atoms with Gasteiger partial charge in [0.2, 0.25) is 6.79 Å². The van der Waals surface area contributed by atoms with Crippen molar-refractivity contribution >= 4 is 27.5 Å². The molecule has 9 heteroatoms. The number of carbonyl (C=O) groups excluding carboxylic acids is 1. The predicted molar refractivity (Wildman–Crippen MR) is 126 cm³/mol. The summed E-state index contributed by atoms with van der Waals surface area (Å²) in [6.45, 7) is 2.53. The first kappa shape index (κ1) is 21.0. The molecule has 8 nitrogen and oxygen atoms in total. The molecule has 0 atom stereocenters. The van der Waals surface area contributed by atoms with Crippen molar-refractivity contribution in [2.45, 2.75) is 6.92 Å². The van der Waals surface area contributed by atoms with E-state index >= 15 is 0 Å². The number of amides is 1. The van der Waals surface area contributed by atoms with E-state index in [4.69, 9.17) is 14.2 Å². The number of ether oxygens (including phenoxy) is 3. The van der Waals surface area contributed by atoms with Crippen LogP contribution in [-0.4, -0.2) is 34.1 Å². The largest absolute Gasteiger partial charge is 0.463 e. The standard InChI is InChI=1S/C24H19BrN4O4/c1-2-31-24-27-22(15-6-11-20-21(13-15)33-14-32-20)29(28-24)19-9-7-18(8-10-19)26-23(30)16-4-3-5-17(25)12-16/h3-13H,2,14H2,1H3,(H,26,30). The predicted octanol–water partition coefficient (Wildman–Crippen LogP) is 5.08. The van der Waals surface area contributed by atoms with Crippen molar-refractivity contribution in [3.05, 3.63) is 76.8 Å². The Bertz CT molecular complexity index is 1320. The number of benzene rings is 3. The van der Waals surface area contributed by atoms with Gasteiger partial charge in [-0.1, -0.05) is 22.0 Å². The van der Waals surface area contributed by atoms with Gasteiger partial charge < -0.3 is 19.5 Å². The number of halogens is 1. The molecule has 2 heterocycles. The second-order valence-electron chi connectivity index (χ2n) is 7.14. The Morgan fingerprint density at radius 3 is 2.70 bits per heavy atom. The van der Waals surface area contributed by atoms with Crippen LogP contribution in [0.5, 0.6) is 17.5 Å². The third-order valence-corrected chi connectivity index (χ3v) is 5.44. The normalized spacial score (nSPS) is 11.9. The molecule has 1 amide bonds. The van der Waals surface area contributed by atoms with Crippen molar-refractivity contribution < 1.29 is 19.0 Å². The highest BCUT2D eigenvalue weighted by molar-refractivity contribution is 9.10. The molecule has 1 aliphatic heterocycles. The molecular weight excluding hydrogens is 488 g/mol. The molecule has 166 valence electrons. The number of anilines is 1. The van der Waals surface area contributed by atoms with Crippen LogP contribution in [0.15, 0.2) is 71.2 Å². The monoisotopic (exact) mass is 506 g/mol. The van der Waals surface area contributed by atoms with E-state index < -0.39 is 0 Å². The third kappa shape index (κ3) is 4.40. The zero-order chi connectivity index (χ0) is 22.8. The van der Waals surface area contributed by atoms with Crippen molar-refractivity contribution in [1.82, 2.24) is 14.8 Å². The summed E-state index contributed by atoms with van der Waals surface area (Å²) in [7, 11) is 0. The topological polar surface area (TPSA) is 87.5 Å². The average Bonchev–Trinajstić information content (AvgIpc) is 3.46. The van der Waals surface area contributed by atoms with Gasteiger partial charge in [0, 0.05) is 21.3 Å². The first-order valence-corrected chi connectivity index (χ1v) is 11.1. The van der Waals surface area contributed by atoms with Gasteiger partial charge in [-0.25, -0.2) is 4.68 Å². The molecule has 0 aliphatic carbocycles. The molecule has 0 saturated carbocycles. The fourth-order valence-electron chi connectivity index (χ4n) is 3.40. The summed E-state index contributed by atoms with van der Waals surface area (Å²) in [5.41, 5.74) is 2.81. The van der Waals surface area contributed by atoms with Crippen LogP contribution in [0, 0.1) is 0 Å². The van der Waals surface area contributed by atoms with Crippen LogP contribution in [0.1, 0.15) is 17.3 Å². The Balaban J connectivity index is 1.43. The van der Waals surface area contributed by atoms with Crippen molar-refractivity contribution in [2.75, 3.05) is 18.7 Å². The quantitative estimate of drug-likeness (QED) is 0.392. The van der Waals surface area contributed by atoms with E-state index in [0.29, 0.717) is 35.2 Å². The Labute approximate surface area is 198 Å². The molecule has 1 N–H and O–H groups in total. The summed E-state index contributed by atoms with van der Waals surface area (Å²) in [5, 5.41) is 7.41. The first-order chi connectivity index (χ1) is 16.1. The SMILES string of the molecule is CCOc1nc(-c2ccc3c(c2)OCO3)n(-c2ccc(NC(=O)c3cccc(Br)c3)cc2)n1. The zero-order valence-electron chi connectivity index (χ0n) is 17.6. The average molecular weight is 507 g/mol. The number of carbonyl (C=O) groups is 1. The molecule has 3 aromatic carbocycles. The number of rotatable bonds is 6. The van der Waals surface area contributed by atoms with E-state index in [9.17, 15) is 4.79 Å². The van der Waals surface area contributed by atoms with Gasteiger partial charge >= 0.3 is 6.01 Å². The Morgan fingerprint density at radius 2 is 1.91 bits per heavy atom. The van der Waals surface area contributed by atoms with Gasteiger partial charge in [-0.05, 0) is 67.6 Å². The number of hydrogen-bond donors (Lipinski definition) is 1. The van der Waals surface area contributed by atoms with Gasteiger partial charge in [-0.15, -0.1) is 5.10 Å². The molecule has 5 rings (SSSR count). The maximum Gasteiger partial charge on any atom is 0.336 e. The zero-order valence-corrected chi connectivity index (χ0v) is 19.2. The first-order valence-electron chi connectivity index (χ1n) is 10.3. The summed E-state index contributed by atoms with van der Waals surface area (Å²) < 4.78 is 19.0. The highest BCUT2D eigenvalue weighted by Crippen LogP contribution is 2.36. The van der Waals surface area contributed by atoms with Crippen LogP contribution in [0.25, 0.3) is 17.1 Å². The molecule has 0 spiro atoms. The number of aromatic nitrogens is 3. The van der Waals surface area contributed by atoms with Crippen molar-refractivity contribution in [3.63, 3.8) is 0 Å². The summed E-state index contributed by atoms with van der Waals surface area (Å²) in [5.74, 6) is 1.76. The molecule has 1 aromatic heterocycles. The number of nitrogens with zero attached hydrogens (tertiary/aromatic N) is 3. The molecule has 1 aliphatic rings. The van der Waals surface area contributed by atoms with Crippen LogP contribution in [-0.2, 0) is 0 Å². The molecule has 0 fully saturated rings. The van der Waals surface area contributed by atoms with E-state index in [0.717, 1.165) is 15.7 Å². The van der Waals surface area contributed by atoms with Crippen LogP contribution in [0.3, 0.4) is 0 Å². The highest BCUT2D eigenvalue weighted by Gasteiger charge is 2.19. The number of nitrogens with one attached hydrogen (secondary N) is 1. The summed E-state index contributed by atoms with van der Waals surface area (Å²) >= 11 is 3.39. The lowest BCUT2D eigenvalue weighted by Gasteiger charge is -2.09. The van der Waals surface area contributed by atoms with Gasteiger partial charge in [0.05, 0.1) is 12.3 Å². The minimum atomic E-state index is -0.190. The minimum absolute atomic E-state index is 0.190. The van der Waals surface area contributed by atoms with Crippen molar-refractivity contribution in [3.8, 4) is 34.6 Å². The minimum Gasteiger partial charge on any atom is -0.463 e. The molecular formula is C24H19BrN4O4.